The largest absolute Gasteiger partial charge is 0.508 e. The third-order valence-electron chi connectivity index (χ3n) is 7.69. The van der Waals surface area contributed by atoms with Gasteiger partial charge in [-0.15, -0.1) is 0 Å². The molecule has 4 atom stereocenters. The summed E-state index contributed by atoms with van der Waals surface area (Å²) in [4.78, 5) is 29.8. The smallest absolute Gasteiger partial charge is 0.252 e. The van der Waals surface area contributed by atoms with Gasteiger partial charge in [-0.1, -0.05) is 0 Å². The molecule has 4 unspecified atom stereocenters. The minimum absolute atomic E-state index is 0.0406. The van der Waals surface area contributed by atoms with Crippen LogP contribution in [-0.2, 0) is 4.74 Å². The number of aromatic hydroxyl groups is 1. The summed E-state index contributed by atoms with van der Waals surface area (Å²) in [5.74, 6) is 0.173. The number of H-pyrrole nitrogens is 1. The average molecular weight is 594 g/mol. The molecule has 12 heteroatoms. The second kappa shape index (κ2) is 11.4. The Balaban J connectivity index is 2.10. The molecular formula is C31H35N3O9. The number of fused-ring (bicyclic) bond motifs is 7. The molecule has 0 fully saturated rings. The summed E-state index contributed by atoms with van der Waals surface area (Å²) in [6, 6.07) is 7.91. The molecule has 3 aromatic carbocycles. The number of benzene rings is 3. The highest BCUT2D eigenvalue weighted by Crippen LogP contribution is 2.46. The van der Waals surface area contributed by atoms with Crippen LogP contribution in [0.15, 0.2) is 30.3 Å². The first-order valence-corrected chi connectivity index (χ1v) is 13.8. The second-order valence-electron chi connectivity index (χ2n) is 10.7. The molecule has 228 valence electrons. The summed E-state index contributed by atoms with van der Waals surface area (Å²) in [5, 5.41) is 47.2. The predicted octanol–water partition coefficient (Wildman–Crippen LogP) is 3.35. The summed E-state index contributed by atoms with van der Waals surface area (Å²) in [6.07, 6.45) is -5.67. The molecule has 6 N–H and O–H groups in total. The highest BCUT2D eigenvalue weighted by molar-refractivity contribution is 6.32. The number of methoxy groups -OCH3 is 2. The molecule has 0 saturated carbocycles. The van der Waals surface area contributed by atoms with E-state index < -0.39 is 36.6 Å². The standard InChI is InChI=1S/C31H35N3O9/c1-13(2)43-31(29(39)28(38)14(3)36)34-20-8-7-15(37)9-17(20)24-25(30(40)32-4)18(12-35)23-16-10-21(41-5)22(42-6)11-19(16)33-26(23)27(24)34/h7-14,28-29,31,33,36-39H,1-6H3,(H,32,40). The maximum absolute atomic E-state index is 13.6. The number of nitrogens with zero attached hydrogens (tertiary/aromatic N) is 1. The Morgan fingerprint density at radius 3 is 2.23 bits per heavy atom. The van der Waals surface area contributed by atoms with E-state index in [2.05, 4.69) is 10.3 Å². The van der Waals surface area contributed by atoms with Crippen LogP contribution < -0.4 is 14.8 Å². The van der Waals surface area contributed by atoms with E-state index in [1.165, 1.54) is 40.3 Å². The molecule has 0 aliphatic carbocycles. The number of hydrogen-bond donors (Lipinski definition) is 6. The lowest BCUT2D eigenvalue weighted by Crippen LogP contribution is -2.43. The maximum Gasteiger partial charge on any atom is 0.252 e. The van der Waals surface area contributed by atoms with Crippen LogP contribution in [0.1, 0.15) is 47.7 Å². The van der Waals surface area contributed by atoms with Crippen LogP contribution in [-0.4, -0.2) is 87.9 Å². The number of aliphatic hydroxyl groups is 3. The number of carbonyl (C=O) groups is 2. The van der Waals surface area contributed by atoms with Gasteiger partial charge in [0.1, 0.15) is 18.0 Å². The number of phenols is 1. The summed E-state index contributed by atoms with van der Waals surface area (Å²) >= 11 is 0. The first kappa shape index (κ1) is 30.1. The Kier molecular flexibility index (Phi) is 7.97. The van der Waals surface area contributed by atoms with E-state index in [4.69, 9.17) is 14.2 Å². The number of aliphatic hydroxyl groups excluding tert-OH is 3. The molecule has 0 aliphatic rings. The first-order chi connectivity index (χ1) is 20.5. The Morgan fingerprint density at radius 1 is 0.977 bits per heavy atom. The maximum atomic E-state index is 13.6. The molecule has 0 spiro atoms. The lowest BCUT2D eigenvalue weighted by Gasteiger charge is -2.32. The van der Waals surface area contributed by atoms with E-state index in [0.717, 1.165) is 0 Å². The molecule has 43 heavy (non-hydrogen) atoms. The van der Waals surface area contributed by atoms with E-state index >= 15 is 0 Å². The predicted molar refractivity (Wildman–Crippen MR) is 161 cm³/mol. The topological polar surface area (TPSA) is 176 Å². The number of amides is 1. The average Bonchev–Trinajstić information content (AvgIpc) is 3.52. The third-order valence-corrected chi connectivity index (χ3v) is 7.69. The van der Waals surface area contributed by atoms with Gasteiger partial charge in [0.15, 0.2) is 24.0 Å². The van der Waals surface area contributed by atoms with Gasteiger partial charge in [0.25, 0.3) is 5.91 Å². The van der Waals surface area contributed by atoms with E-state index in [-0.39, 0.29) is 16.9 Å². The van der Waals surface area contributed by atoms with Crippen LogP contribution >= 0.6 is 0 Å². The van der Waals surface area contributed by atoms with Crippen molar-refractivity contribution < 1.29 is 44.2 Å². The van der Waals surface area contributed by atoms with Gasteiger partial charge < -0.3 is 49.5 Å². The minimum Gasteiger partial charge on any atom is -0.508 e. The number of aldehydes is 1. The molecule has 0 radical (unpaired) electrons. The number of aromatic nitrogens is 2. The van der Waals surface area contributed by atoms with E-state index in [9.17, 15) is 30.0 Å². The van der Waals surface area contributed by atoms with Crippen molar-refractivity contribution in [1.82, 2.24) is 14.9 Å². The van der Waals surface area contributed by atoms with Gasteiger partial charge >= 0.3 is 0 Å². The van der Waals surface area contributed by atoms with Gasteiger partial charge in [0.2, 0.25) is 0 Å². The molecule has 0 aliphatic heterocycles. The monoisotopic (exact) mass is 593 g/mol. The Morgan fingerprint density at radius 2 is 1.65 bits per heavy atom. The zero-order valence-corrected chi connectivity index (χ0v) is 24.6. The molecule has 12 nitrogen and oxygen atoms in total. The number of rotatable bonds is 10. The quantitative estimate of drug-likeness (QED) is 0.133. The van der Waals surface area contributed by atoms with E-state index in [1.54, 1.807) is 36.6 Å². The number of phenolic OH excluding ortho intramolecular Hbond substituents is 1. The number of nitrogens with one attached hydrogen (secondary N) is 2. The summed E-state index contributed by atoms with van der Waals surface area (Å²) in [5.41, 5.74) is 1.90. The van der Waals surface area contributed by atoms with Crippen molar-refractivity contribution in [3.05, 3.63) is 41.5 Å². The highest BCUT2D eigenvalue weighted by atomic mass is 16.5. The van der Waals surface area contributed by atoms with Gasteiger partial charge in [-0.2, -0.15) is 0 Å². The number of aromatic amines is 1. The van der Waals surface area contributed by atoms with Crippen molar-refractivity contribution in [1.29, 1.82) is 0 Å². The lowest BCUT2D eigenvalue weighted by molar-refractivity contribution is -0.157. The van der Waals surface area contributed by atoms with E-state index in [0.29, 0.717) is 61.4 Å². The van der Waals surface area contributed by atoms with Crippen molar-refractivity contribution in [2.45, 2.75) is 51.4 Å². The molecule has 1 amide bonds. The van der Waals surface area contributed by atoms with Crippen molar-refractivity contribution in [3.63, 3.8) is 0 Å². The number of ether oxygens (including phenoxy) is 3. The molecule has 2 aromatic heterocycles. The zero-order chi connectivity index (χ0) is 31.3. The van der Waals surface area contributed by atoms with Crippen LogP contribution in [0.3, 0.4) is 0 Å². The van der Waals surface area contributed by atoms with Crippen LogP contribution in [0.25, 0.3) is 43.6 Å². The second-order valence-corrected chi connectivity index (χ2v) is 10.7. The van der Waals surface area contributed by atoms with Gasteiger partial charge in [-0.25, -0.2) is 0 Å². The summed E-state index contributed by atoms with van der Waals surface area (Å²) in [6.45, 7) is 4.86. The summed E-state index contributed by atoms with van der Waals surface area (Å²) in [7, 11) is 4.43. The molecule has 2 heterocycles. The van der Waals surface area contributed by atoms with Crippen LogP contribution in [0, 0.1) is 0 Å². The van der Waals surface area contributed by atoms with Gasteiger partial charge in [-0.3, -0.25) is 9.59 Å². The van der Waals surface area contributed by atoms with Crippen molar-refractivity contribution in [2.75, 3.05) is 21.3 Å². The molecular weight excluding hydrogens is 558 g/mol. The molecule has 0 saturated heterocycles. The normalized spacial score (nSPS) is 14.8. The van der Waals surface area contributed by atoms with Crippen molar-refractivity contribution >= 4 is 55.8 Å². The van der Waals surface area contributed by atoms with E-state index in [1.807, 2.05) is 0 Å². The Labute approximate surface area is 246 Å². The third kappa shape index (κ3) is 4.72. The summed E-state index contributed by atoms with van der Waals surface area (Å²) < 4.78 is 18.8. The number of hydrogen-bond acceptors (Lipinski definition) is 9. The Hall–Kier alpha value is -4.36. The fraction of sp³-hybridized carbons (Fsp3) is 0.355. The van der Waals surface area contributed by atoms with Crippen LogP contribution in [0.5, 0.6) is 17.2 Å². The molecule has 0 bridgehead atoms. The van der Waals surface area contributed by atoms with Gasteiger partial charge in [0.05, 0.1) is 54.1 Å². The van der Waals surface area contributed by atoms with Crippen LogP contribution in [0.2, 0.25) is 0 Å². The number of carbonyl (C=O) groups excluding carboxylic acids is 2. The van der Waals surface area contributed by atoms with Gasteiger partial charge in [-0.05, 0) is 45.0 Å². The van der Waals surface area contributed by atoms with Crippen molar-refractivity contribution in [2.24, 2.45) is 0 Å². The van der Waals surface area contributed by atoms with Crippen LogP contribution in [0.4, 0.5) is 0 Å². The minimum atomic E-state index is -1.64. The first-order valence-electron chi connectivity index (χ1n) is 13.8. The zero-order valence-electron chi connectivity index (χ0n) is 24.6. The van der Waals surface area contributed by atoms with Crippen molar-refractivity contribution in [3.8, 4) is 17.2 Å². The lowest BCUT2D eigenvalue weighted by atomic mass is 9.95. The molecule has 5 rings (SSSR count). The highest BCUT2D eigenvalue weighted by Gasteiger charge is 2.36. The van der Waals surface area contributed by atoms with Gasteiger partial charge in [0, 0.05) is 40.2 Å². The SMILES string of the molecule is CNC(=O)c1c(C=O)c2c3cc(OC)c(OC)cc3[nH]c2c2c1c1cc(O)ccc1n2C(OC(C)C)C(O)C(O)C(C)O. The fourth-order valence-corrected chi connectivity index (χ4v) is 5.81. The molecule has 5 aromatic rings. The Bertz CT molecular complexity index is 1870. The fourth-order valence-electron chi connectivity index (χ4n) is 5.81.